The van der Waals surface area contributed by atoms with Gasteiger partial charge in [0.05, 0.1) is 11.4 Å². The van der Waals surface area contributed by atoms with Crippen molar-refractivity contribution in [2.75, 3.05) is 13.1 Å². The van der Waals surface area contributed by atoms with E-state index in [1.54, 1.807) is 22.9 Å². The number of hydrogen-bond acceptors (Lipinski definition) is 3. The molecule has 0 unspecified atom stereocenters. The molecule has 2 amide bonds. The van der Waals surface area contributed by atoms with Crippen LogP contribution in [-0.2, 0) is 9.59 Å². The Balaban J connectivity index is 1.41. The molecule has 0 saturated heterocycles. The molecule has 170 valence electrons. The summed E-state index contributed by atoms with van der Waals surface area (Å²) in [6.07, 6.45) is 9.10. The Morgan fingerprint density at radius 1 is 1.00 bits per heavy atom. The number of rotatable bonds is 8. The molecule has 0 spiro atoms. The second-order valence-corrected chi connectivity index (χ2v) is 8.12. The van der Waals surface area contributed by atoms with Crippen LogP contribution in [0.5, 0.6) is 0 Å². The van der Waals surface area contributed by atoms with Crippen molar-refractivity contribution >= 4 is 17.9 Å². The predicted octanol–water partition coefficient (Wildman–Crippen LogP) is 4.11. The van der Waals surface area contributed by atoms with Crippen molar-refractivity contribution in [3.63, 3.8) is 0 Å². The maximum Gasteiger partial charge on any atom is 0.244 e. The lowest BCUT2D eigenvalue weighted by atomic mass is 10.1. The Morgan fingerprint density at radius 2 is 1.70 bits per heavy atom. The van der Waals surface area contributed by atoms with E-state index in [0.717, 1.165) is 42.5 Å². The summed E-state index contributed by atoms with van der Waals surface area (Å²) in [7, 11) is 0. The second-order valence-electron chi connectivity index (χ2n) is 8.12. The standard InChI is InChI=1S/C26H27FN4O2/c27-22-13-10-19(11-14-22)25-21(18-31(30-25)23-8-2-1-3-9-23)12-15-24(32)28-16-17-29-26(33)20-6-4-5-7-20/h1-3,8-15,18,20H,4-7,16-17H2,(H,28,32)(H,29,33)/b15-12+. The fourth-order valence-corrected chi connectivity index (χ4v) is 3.98. The summed E-state index contributed by atoms with van der Waals surface area (Å²) < 4.78 is 15.1. The third-order valence-electron chi connectivity index (χ3n) is 5.74. The maximum atomic E-state index is 13.4. The van der Waals surface area contributed by atoms with Gasteiger partial charge in [0.15, 0.2) is 0 Å². The number of para-hydroxylation sites is 1. The van der Waals surface area contributed by atoms with E-state index in [-0.39, 0.29) is 23.5 Å². The largest absolute Gasteiger partial charge is 0.354 e. The molecule has 2 N–H and O–H groups in total. The van der Waals surface area contributed by atoms with E-state index in [2.05, 4.69) is 15.7 Å². The zero-order chi connectivity index (χ0) is 23.0. The van der Waals surface area contributed by atoms with Gasteiger partial charge in [-0.1, -0.05) is 31.0 Å². The molecular formula is C26H27FN4O2. The molecule has 1 heterocycles. The number of carbonyl (C=O) groups excluding carboxylic acids is 2. The first kappa shape index (κ1) is 22.5. The van der Waals surface area contributed by atoms with Crippen LogP contribution in [0.25, 0.3) is 23.0 Å². The molecule has 1 fully saturated rings. The Bertz CT molecular complexity index is 1120. The first-order valence-electron chi connectivity index (χ1n) is 11.2. The van der Waals surface area contributed by atoms with Crippen molar-refractivity contribution in [2.24, 2.45) is 5.92 Å². The van der Waals surface area contributed by atoms with Gasteiger partial charge in [-0.05, 0) is 55.3 Å². The second kappa shape index (κ2) is 10.7. The molecule has 3 aromatic rings. The number of nitrogens with zero attached hydrogens (tertiary/aromatic N) is 2. The van der Waals surface area contributed by atoms with Crippen molar-refractivity contribution in [1.82, 2.24) is 20.4 Å². The lowest BCUT2D eigenvalue weighted by molar-refractivity contribution is -0.125. The van der Waals surface area contributed by atoms with Crippen LogP contribution in [-0.4, -0.2) is 34.7 Å². The first-order chi connectivity index (χ1) is 16.1. The minimum Gasteiger partial charge on any atom is -0.354 e. The van der Waals surface area contributed by atoms with Gasteiger partial charge >= 0.3 is 0 Å². The molecule has 1 aliphatic carbocycles. The van der Waals surface area contributed by atoms with Crippen LogP contribution in [0.2, 0.25) is 0 Å². The molecular weight excluding hydrogens is 419 g/mol. The fraction of sp³-hybridized carbons (Fsp3) is 0.269. The van der Waals surface area contributed by atoms with Crippen molar-refractivity contribution in [1.29, 1.82) is 0 Å². The molecule has 1 aromatic heterocycles. The summed E-state index contributed by atoms with van der Waals surface area (Å²) in [5.41, 5.74) is 3.01. The number of carbonyl (C=O) groups is 2. The Morgan fingerprint density at radius 3 is 2.42 bits per heavy atom. The van der Waals surface area contributed by atoms with Gasteiger partial charge in [-0.2, -0.15) is 5.10 Å². The third kappa shape index (κ3) is 5.94. The van der Waals surface area contributed by atoms with E-state index < -0.39 is 0 Å². The normalized spacial score (nSPS) is 14.0. The summed E-state index contributed by atoms with van der Waals surface area (Å²) in [6, 6.07) is 15.7. The average Bonchev–Trinajstić information content (AvgIpc) is 3.52. The van der Waals surface area contributed by atoms with Crippen LogP contribution in [0.1, 0.15) is 31.2 Å². The van der Waals surface area contributed by atoms with Crippen LogP contribution in [0.15, 0.2) is 66.9 Å². The maximum absolute atomic E-state index is 13.4. The van der Waals surface area contributed by atoms with Gasteiger partial charge in [0, 0.05) is 42.4 Å². The summed E-state index contributed by atoms with van der Waals surface area (Å²) in [6.45, 7) is 0.761. The number of hydrogen-bond donors (Lipinski definition) is 2. The highest BCUT2D eigenvalue weighted by Crippen LogP contribution is 2.25. The molecule has 4 rings (SSSR count). The molecule has 7 heteroatoms. The lowest BCUT2D eigenvalue weighted by Crippen LogP contribution is -2.36. The number of benzene rings is 2. The number of amides is 2. The van der Waals surface area contributed by atoms with Crippen LogP contribution in [0.4, 0.5) is 4.39 Å². The molecule has 1 aliphatic rings. The van der Waals surface area contributed by atoms with E-state index in [1.807, 2.05) is 36.5 Å². The van der Waals surface area contributed by atoms with E-state index in [0.29, 0.717) is 18.8 Å². The predicted molar refractivity (Wildman–Crippen MR) is 126 cm³/mol. The zero-order valence-corrected chi connectivity index (χ0v) is 18.3. The van der Waals surface area contributed by atoms with Crippen molar-refractivity contribution in [3.05, 3.63) is 78.3 Å². The Labute approximate surface area is 192 Å². The van der Waals surface area contributed by atoms with Crippen molar-refractivity contribution < 1.29 is 14.0 Å². The van der Waals surface area contributed by atoms with E-state index in [4.69, 9.17) is 0 Å². The number of halogens is 1. The van der Waals surface area contributed by atoms with Gasteiger partial charge in [-0.3, -0.25) is 9.59 Å². The fourth-order valence-electron chi connectivity index (χ4n) is 3.98. The smallest absolute Gasteiger partial charge is 0.244 e. The van der Waals surface area contributed by atoms with E-state index in [1.165, 1.54) is 18.2 Å². The quantitative estimate of drug-likeness (QED) is 0.404. The summed E-state index contributed by atoms with van der Waals surface area (Å²) in [4.78, 5) is 24.3. The summed E-state index contributed by atoms with van der Waals surface area (Å²) >= 11 is 0. The van der Waals surface area contributed by atoms with Crippen molar-refractivity contribution in [3.8, 4) is 16.9 Å². The monoisotopic (exact) mass is 446 g/mol. The minimum absolute atomic E-state index is 0.0783. The lowest BCUT2D eigenvalue weighted by Gasteiger charge is -2.10. The zero-order valence-electron chi connectivity index (χ0n) is 18.3. The summed E-state index contributed by atoms with van der Waals surface area (Å²) in [5, 5.41) is 10.3. The molecule has 0 radical (unpaired) electrons. The molecule has 1 saturated carbocycles. The molecule has 33 heavy (non-hydrogen) atoms. The van der Waals surface area contributed by atoms with Gasteiger partial charge in [0.1, 0.15) is 5.82 Å². The molecule has 2 aromatic carbocycles. The summed E-state index contributed by atoms with van der Waals surface area (Å²) in [5.74, 6) is -0.387. The average molecular weight is 447 g/mol. The number of aromatic nitrogens is 2. The topological polar surface area (TPSA) is 76.0 Å². The Kier molecular flexibility index (Phi) is 7.29. The first-order valence-corrected chi connectivity index (χ1v) is 11.2. The minimum atomic E-state index is -0.322. The SMILES string of the molecule is O=C(/C=C/c1cn(-c2ccccc2)nc1-c1ccc(F)cc1)NCCNC(=O)C1CCCC1. The highest BCUT2D eigenvalue weighted by atomic mass is 19.1. The van der Waals surface area contributed by atoms with E-state index >= 15 is 0 Å². The highest BCUT2D eigenvalue weighted by molar-refractivity contribution is 5.92. The van der Waals surface area contributed by atoms with Gasteiger partial charge in [0.2, 0.25) is 11.8 Å². The molecule has 6 nitrogen and oxygen atoms in total. The van der Waals surface area contributed by atoms with Crippen LogP contribution in [0, 0.1) is 11.7 Å². The van der Waals surface area contributed by atoms with Crippen LogP contribution < -0.4 is 10.6 Å². The third-order valence-corrected chi connectivity index (χ3v) is 5.74. The van der Waals surface area contributed by atoms with Gasteiger partial charge in [0.25, 0.3) is 0 Å². The van der Waals surface area contributed by atoms with Gasteiger partial charge < -0.3 is 10.6 Å². The van der Waals surface area contributed by atoms with Gasteiger partial charge in [-0.25, -0.2) is 9.07 Å². The molecule has 0 aliphatic heterocycles. The molecule has 0 bridgehead atoms. The van der Waals surface area contributed by atoms with Crippen molar-refractivity contribution in [2.45, 2.75) is 25.7 Å². The molecule has 0 atom stereocenters. The van der Waals surface area contributed by atoms with E-state index in [9.17, 15) is 14.0 Å². The number of nitrogens with one attached hydrogen (secondary N) is 2. The van der Waals surface area contributed by atoms with Crippen LogP contribution in [0.3, 0.4) is 0 Å². The van der Waals surface area contributed by atoms with Gasteiger partial charge in [-0.15, -0.1) is 0 Å². The van der Waals surface area contributed by atoms with Crippen LogP contribution >= 0.6 is 0 Å². The Hall–Kier alpha value is -3.74. The highest BCUT2D eigenvalue weighted by Gasteiger charge is 2.21.